The summed E-state index contributed by atoms with van der Waals surface area (Å²) in [5.74, 6) is 0. The van der Waals surface area contributed by atoms with E-state index in [1.807, 2.05) is 0 Å². The van der Waals surface area contributed by atoms with Crippen LogP contribution in [0.4, 0.5) is 34.1 Å². The maximum absolute atomic E-state index is 2.76. The van der Waals surface area contributed by atoms with Crippen molar-refractivity contribution in [3.63, 3.8) is 0 Å². The highest BCUT2D eigenvalue weighted by Crippen LogP contribution is 2.56. The minimum Gasteiger partial charge on any atom is -0.311 e. The molecular formula is C69H73BN2S. The molecule has 0 saturated carbocycles. The molecule has 8 aromatic rings. The van der Waals surface area contributed by atoms with Gasteiger partial charge in [0.15, 0.2) is 0 Å². The summed E-state index contributed by atoms with van der Waals surface area (Å²) in [5, 5.41) is 1.38. The van der Waals surface area contributed by atoms with E-state index in [1.165, 1.54) is 160 Å². The Hall–Kier alpha value is -5.84. The van der Waals surface area contributed by atoms with Crippen molar-refractivity contribution < 1.29 is 0 Å². The van der Waals surface area contributed by atoms with E-state index in [0.29, 0.717) is 0 Å². The summed E-state index contributed by atoms with van der Waals surface area (Å²) < 4.78 is 2.85. The Balaban J connectivity index is 1.18. The highest BCUT2D eigenvalue weighted by atomic mass is 32.1. The van der Waals surface area contributed by atoms with Gasteiger partial charge in [-0.05, 0) is 193 Å². The van der Waals surface area contributed by atoms with E-state index in [-0.39, 0.29) is 39.2 Å². The van der Waals surface area contributed by atoms with Crippen LogP contribution in [0.25, 0.3) is 32.3 Å². The van der Waals surface area contributed by atoms with Crippen LogP contribution in [-0.4, -0.2) is 6.71 Å². The quantitative estimate of drug-likeness (QED) is 0.162. The lowest BCUT2D eigenvalue weighted by atomic mass is 9.35. The number of nitrogens with zero attached hydrogens (tertiary/aromatic N) is 2. The average Bonchev–Trinajstić information content (AvgIpc) is 3.74. The minimum absolute atomic E-state index is 0.0372. The molecule has 0 N–H and O–H groups in total. The molecule has 4 heteroatoms. The maximum Gasteiger partial charge on any atom is 0.264 e. The first kappa shape index (κ1) is 46.9. The van der Waals surface area contributed by atoms with Gasteiger partial charge in [0, 0.05) is 43.2 Å². The number of hydrogen-bond donors (Lipinski definition) is 0. The summed E-state index contributed by atoms with van der Waals surface area (Å²) >= 11 is 2.07. The zero-order chi connectivity index (χ0) is 50.9. The molecule has 0 spiro atoms. The number of rotatable bonds is 4. The second-order valence-electron chi connectivity index (χ2n) is 27.0. The van der Waals surface area contributed by atoms with E-state index in [0.717, 1.165) is 0 Å². The second-order valence-corrected chi connectivity index (χ2v) is 28.1. The van der Waals surface area contributed by atoms with Crippen LogP contribution in [0.3, 0.4) is 0 Å². The highest BCUT2D eigenvalue weighted by Gasteiger charge is 2.49. The number of anilines is 6. The van der Waals surface area contributed by atoms with E-state index in [9.17, 15) is 0 Å². The molecule has 2 aliphatic heterocycles. The predicted octanol–water partition coefficient (Wildman–Crippen LogP) is 17.7. The van der Waals surface area contributed by atoms with Crippen LogP contribution in [0.1, 0.15) is 161 Å². The molecular weight excluding hydrogens is 900 g/mol. The Morgan fingerprint density at radius 1 is 0.411 bits per heavy atom. The number of aryl methyl sites for hydroxylation is 1. The first-order valence-corrected chi connectivity index (χ1v) is 28.3. The molecule has 0 bridgehead atoms. The summed E-state index contributed by atoms with van der Waals surface area (Å²) in [6, 6.07) is 52.8. The van der Waals surface area contributed by atoms with Crippen LogP contribution in [0.2, 0.25) is 0 Å². The Morgan fingerprint density at radius 2 is 0.918 bits per heavy atom. The van der Waals surface area contributed by atoms with Crippen LogP contribution in [0.5, 0.6) is 0 Å². The van der Waals surface area contributed by atoms with Crippen molar-refractivity contribution >= 4 is 78.0 Å². The molecule has 5 aliphatic rings. The molecule has 0 unspecified atom stereocenters. The Morgan fingerprint density at radius 3 is 1.52 bits per heavy atom. The maximum atomic E-state index is 2.76. The van der Waals surface area contributed by atoms with Crippen LogP contribution in [0, 0.1) is 6.92 Å². The third-order valence-electron chi connectivity index (χ3n) is 19.3. The van der Waals surface area contributed by atoms with Gasteiger partial charge in [-0.2, -0.15) is 0 Å². The molecule has 2 nitrogen and oxygen atoms in total. The van der Waals surface area contributed by atoms with Gasteiger partial charge in [-0.3, -0.25) is 0 Å². The summed E-state index contributed by atoms with van der Waals surface area (Å²) in [7, 11) is 0. The molecule has 73 heavy (non-hydrogen) atoms. The van der Waals surface area contributed by atoms with Crippen LogP contribution in [-0.2, 0) is 32.5 Å². The van der Waals surface area contributed by atoms with Crippen LogP contribution in [0.15, 0.2) is 133 Å². The molecule has 0 radical (unpaired) electrons. The fourth-order valence-electron chi connectivity index (χ4n) is 14.4. The van der Waals surface area contributed by atoms with Crippen molar-refractivity contribution in [3.05, 3.63) is 172 Å². The molecule has 0 saturated heterocycles. The third kappa shape index (κ3) is 7.01. The molecule has 3 aliphatic carbocycles. The smallest absolute Gasteiger partial charge is 0.264 e. The van der Waals surface area contributed by atoms with Gasteiger partial charge in [-0.25, -0.2) is 0 Å². The van der Waals surface area contributed by atoms with Gasteiger partial charge in [0.2, 0.25) is 0 Å². The normalized spacial score (nSPS) is 19.8. The summed E-state index contributed by atoms with van der Waals surface area (Å²) in [5.41, 5.74) is 26.4. The zero-order valence-electron chi connectivity index (χ0n) is 45.8. The monoisotopic (exact) mass is 973 g/mol. The summed E-state index contributed by atoms with van der Waals surface area (Å²) in [6.45, 7) is 32.2. The van der Waals surface area contributed by atoms with Crippen molar-refractivity contribution in [3.8, 4) is 22.3 Å². The number of fused-ring (bicyclic) bond motifs is 9. The molecule has 1 aromatic heterocycles. The molecule has 0 amide bonds. The number of thiophene rings is 1. The zero-order valence-corrected chi connectivity index (χ0v) is 46.6. The average molecular weight is 973 g/mol. The number of hydrogen-bond acceptors (Lipinski definition) is 3. The van der Waals surface area contributed by atoms with Gasteiger partial charge < -0.3 is 9.80 Å². The van der Waals surface area contributed by atoms with E-state index >= 15 is 0 Å². The lowest BCUT2D eigenvalue weighted by molar-refractivity contribution is 0.332. The first-order chi connectivity index (χ1) is 34.5. The van der Waals surface area contributed by atoms with Gasteiger partial charge in [0.05, 0.1) is 11.4 Å². The lowest BCUT2D eigenvalue weighted by Gasteiger charge is -2.47. The topological polar surface area (TPSA) is 6.48 Å². The van der Waals surface area contributed by atoms with Gasteiger partial charge in [0.25, 0.3) is 6.71 Å². The van der Waals surface area contributed by atoms with Crippen molar-refractivity contribution in [1.82, 2.24) is 0 Å². The largest absolute Gasteiger partial charge is 0.311 e. The highest BCUT2D eigenvalue weighted by molar-refractivity contribution is 7.33. The van der Waals surface area contributed by atoms with E-state index in [2.05, 4.69) is 245 Å². The van der Waals surface area contributed by atoms with Crippen molar-refractivity contribution in [2.24, 2.45) is 0 Å². The van der Waals surface area contributed by atoms with E-state index in [1.54, 1.807) is 0 Å². The molecule has 13 rings (SSSR count). The summed E-state index contributed by atoms with van der Waals surface area (Å²) in [6.07, 6.45) is 7.10. The third-order valence-corrected chi connectivity index (χ3v) is 20.5. The van der Waals surface area contributed by atoms with Crippen molar-refractivity contribution in [2.45, 2.75) is 161 Å². The SMILES string of the molecule is Cc1cc2c3c(c1)N(c1cc(-c4ccccc4)ccc1-c1ccccc1)c1c(sc4cc5c(cc14)C(C)(C)CCC5(C)C)B3c1cc3c(cc1N2c1ccc2c(c1)C(C)(C)CCC2(C)C)C(C)(C)CCC3(C)C. The Bertz CT molecular complexity index is 3600. The molecule has 0 fully saturated rings. The molecule has 3 heterocycles. The van der Waals surface area contributed by atoms with Crippen LogP contribution >= 0.6 is 11.3 Å². The molecule has 7 aromatic carbocycles. The van der Waals surface area contributed by atoms with Gasteiger partial charge in [-0.1, -0.05) is 168 Å². The minimum atomic E-state index is 0.0372. The standard InChI is InChI=1S/C69H73BN2S/c1-42-34-58-61-59(35-42)72(56-36-45(43-20-16-14-17-21-43)24-26-47(56)44-22-18-15-19-23-44)62-48-38-51-54(69(12,13)33-30-66(51,6)7)41-60(48)73-63(62)70(61)55-39-52-53(68(10,11)32-31-67(52,8)9)40-57(55)71(58)46-25-27-49-50(37-46)65(4,5)29-28-64(49,2)3/h14-27,34-41H,28-33H2,1-13H3. The fourth-order valence-corrected chi connectivity index (χ4v) is 15.7. The van der Waals surface area contributed by atoms with Crippen molar-refractivity contribution in [2.75, 3.05) is 9.80 Å². The molecule has 368 valence electrons. The second kappa shape index (κ2) is 15.6. The lowest BCUT2D eigenvalue weighted by Crippen LogP contribution is -2.61. The van der Waals surface area contributed by atoms with Crippen LogP contribution < -0.4 is 25.5 Å². The van der Waals surface area contributed by atoms with Crippen molar-refractivity contribution in [1.29, 1.82) is 0 Å². The van der Waals surface area contributed by atoms with Gasteiger partial charge >= 0.3 is 0 Å². The Kier molecular flexibility index (Phi) is 10.0. The predicted molar refractivity (Wildman–Crippen MR) is 317 cm³/mol. The first-order valence-electron chi connectivity index (χ1n) is 27.5. The van der Waals surface area contributed by atoms with E-state index < -0.39 is 0 Å². The van der Waals surface area contributed by atoms with Gasteiger partial charge in [0.1, 0.15) is 0 Å². The molecule has 0 atom stereocenters. The fraction of sp³-hybridized carbons (Fsp3) is 0.362. The van der Waals surface area contributed by atoms with Gasteiger partial charge in [-0.15, -0.1) is 11.3 Å². The van der Waals surface area contributed by atoms with E-state index in [4.69, 9.17) is 0 Å². The number of benzene rings is 7. The summed E-state index contributed by atoms with van der Waals surface area (Å²) in [4.78, 5) is 5.48. The Labute approximate surface area is 441 Å².